The molecule has 2 N–H and O–H groups in total. The summed E-state index contributed by atoms with van der Waals surface area (Å²) in [5.74, 6) is 0.315. The monoisotopic (exact) mass is 482 g/mol. The van der Waals surface area contributed by atoms with Gasteiger partial charge in [-0.2, -0.15) is 0 Å². The van der Waals surface area contributed by atoms with Crippen molar-refractivity contribution >= 4 is 56.5 Å². The highest BCUT2D eigenvalue weighted by molar-refractivity contribution is 7.99. The van der Waals surface area contributed by atoms with Crippen LogP contribution < -0.4 is 16.2 Å². The molecule has 0 bridgehead atoms. The number of anilines is 2. The van der Waals surface area contributed by atoms with Gasteiger partial charge in [0.2, 0.25) is 11.8 Å². The number of fused-ring (bicyclic) bond motifs is 1. The van der Waals surface area contributed by atoms with Crippen molar-refractivity contribution in [3.63, 3.8) is 0 Å². The summed E-state index contributed by atoms with van der Waals surface area (Å²) < 4.78 is 6.99. The van der Waals surface area contributed by atoms with E-state index in [0.717, 1.165) is 10.4 Å². The number of carbonyl (C=O) groups is 2. The molecule has 10 heteroatoms. The number of carbonyl (C=O) groups excluding carboxylic acids is 2. The van der Waals surface area contributed by atoms with Crippen molar-refractivity contribution in [3.8, 4) is 0 Å². The second-order valence-corrected chi connectivity index (χ2v) is 9.57. The van der Waals surface area contributed by atoms with E-state index in [4.69, 9.17) is 9.40 Å². The van der Waals surface area contributed by atoms with Crippen LogP contribution in [0.25, 0.3) is 10.2 Å². The minimum absolute atomic E-state index is 0.0763. The summed E-state index contributed by atoms with van der Waals surface area (Å²) in [4.78, 5) is 43.4. The lowest BCUT2D eigenvalue weighted by Crippen LogP contribution is -2.24. The molecular weight excluding hydrogens is 460 g/mol. The highest BCUT2D eigenvalue weighted by Gasteiger charge is 2.18. The molecule has 0 aliphatic rings. The maximum Gasteiger partial charge on any atom is 0.263 e. The van der Waals surface area contributed by atoms with Crippen molar-refractivity contribution in [1.29, 1.82) is 0 Å². The van der Waals surface area contributed by atoms with Crippen molar-refractivity contribution in [2.24, 2.45) is 0 Å². The molecule has 2 amide bonds. The Labute approximate surface area is 198 Å². The van der Waals surface area contributed by atoms with Gasteiger partial charge in [-0.15, -0.1) is 11.3 Å². The Bertz CT molecular complexity index is 1370. The molecule has 0 atom stereocenters. The van der Waals surface area contributed by atoms with E-state index in [1.54, 1.807) is 47.2 Å². The summed E-state index contributed by atoms with van der Waals surface area (Å²) in [6, 6.07) is 10.4. The second kappa shape index (κ2) is 9.63. The number of aryl methyl sites for hydroxylation is 2. The number of rotatable bonds is 7. The number of hydrogen-bond acceptors (Lipinski definition) is 7. The highest BCUT2D eigenvalue weighted by Crippen LogP contribution is 2.29. The minimum atomic E-state index is -0.232. The zero-order chi connectivity index (χ0) is 23.5. The third-order valence-corrected chi connectivity index (χ3v) is 7.05. The van der Waals surface area contributed by atoms with E-state index in [1.807, 2.05) is 13.8 Å². The summed E-state index contributed by atoms with van der Waals surface area (Å²) in [5, 5.41) is 6.57. The van der Waals surface area contributed by atoms with E-state index in [2.05, 4.69) is 10.6 Å². The normalized spacial score (nSPS) is 11.0. The van der Waals surface area contributed by atoms with Crippen molar-refractivity contribution < 1.29 is 14.0 Å². The fourth-order valence-corrected chi connectivity index (χ4v) is 5.15. The van der Waals surface area contributed by atoms with E-state index in [0.29, 0.717) is 32.5 Å². The van der Waals surface area contributed by atoms with E-state index in [1.165, 1.54) is 30.0 Å². The molecule has 170 valence electrons. The van der Waals surface area contributed by atoms with Crippen LogP contribution >= 0.6 is 23.1 Å². The van der Waals surface area contributed by atoms with Gasteiger partial charge in [0.25, 0.3) is 5.56 Å². The third kappa shape index (κ3) is 5.18. The molecule has 0 saturated heterocycles. The molecule has 0 aliphatic heterocycles. The first-order chi connectivity index (χ1) is 15.8. The Hall–Kier alpha value is -3.37. The van der Waals surface area contributed by atoms with Gasteiger partial charge in [0.05, 0.1) is 23.9 Å². The topological polar surface area (TPSA) is 106 Å². The van der Waals surface area contributed by atoms with E-state index >= 15 is 0 Å². The Kier molecular flexibility index (Phi) is 6.66. The van der Waals surface area contributed by atoms with E-state index in [-0.39, 0.29) is 29.7 Å². The molecule has 0 aliphatic carbocycles. The van der Waals surface area contributed by atoms with Gasteiger partial charge in [-0.3, -0.25) is 19.0 Å². The Morgan fingerprint density at radius 2 is 1.82 bits per heavy atom. The lowest BCUT2D eigenvalue weighted by Gasteiger charge is -2.11. The summed E-state index contributed by atoms with van der Waals surface area (Å²) in [7, 11) is 0. The van der Waals surface area contributed by atoms with Gasteiger partial charge in [0, 0.05) is 23.2 Å². The molecule has 0 radical (unpaired) electrons. The van der Waals surface area contributed by atoms with Crippen LogP contribution in [0.3, 0.4) is 0 Å². The van der Waals surface area contributed by atoms with Crippen LogP contribution in [0.4, 0.5) is 11.4 Å². The largest absolute Gasteiger partial charge is 0.467 e. The second-order valence-electron chi connectivity index (χ2n) is 7.42. The summed E-state index contributed by atoms with van der Waals surface area (Å²) in [6.07, 6.45) is 1.56. The number of aromatic nitrogens is 2. The lowest BCUT2D eigenvalue weighted by molar-refractivity contribution is -0.114. The molecule has 1 aromatic carbocycles. The van der Waals surface area contributed by atoms with Crippen LogP contribution in [0, 0.1) is 13.8 Å². The van der Waals surface area contributed by atoms with Gasteiger partial charge in [0.1, 0.15) is 10.6 Å². The van der Waals surface area contributed by atoms with Crippen LogP contribution in [0.15, 0.2) is 57.0 Å². The number of thioether (sulfide) groups is 1. The van der Waals surface area contributed by atoms with Crippen molar-refractivity contribution in [2.45, 2.75) is 32.5 Å². The van der Waals surface area contributed by atoms with Crippen molar-refractivity contribution in [3.05, 3.63) is 69.2 Å². The quantitative estimate of drug-likeness (QED) is 0.299. The molecule has 0 spiro atoms. The molecule has 33 heavy (non-hydrogen) atoms. The maximum atomic E-state index is 13.3. The summed E-state index contributed by atoms with van der Waals surface area (Å²) in [5.41, 5.74) is 2.04. The first-order valence-corrected chi connectivity index (χ1v) is 11.9. The summed E-state index contributed by atoms with van der Waals surface area (Å²) >= 11 is 2.67. The molecule has 4 rings (SSSR count). The van der Waals surface area contributed by atoms with Crippen LogP contribution in [-0.4, -0.2) is 27.1 Å². The molecule has 3 aromatic heterocycles. The first kappa shape index (κ1) is 22.8. The molecule has 4 aromatic rings. The molecule has 0 fully saturated rings. The molecule has 0 unspecified atom stereocenters. The number of amides is 2. The molecular formula is C23H22N4O4S2. The zero-order valence-corrected chi connectivity index (χ0v) is 19.9. The van der Waals surface area contributed by atoms with Gasteiger partial charge in [-0.1, -0.05) is 11.8 Å². The Morgan fingerprint density at radius 1 is 1.12 bits per heavy atom. The third-order valence-electron chi connectivity index (χ3n) is 4.97. The van der Waals surface area contributed by atoms with Gasteiger partial charge in [-0.05, 0) is 55.8 Å². The minimum Gasteiger partial charge on any atom is -0.467 e. The fraction of sp³-hybridized carbons (Fsp3) is 0.217. The van der Waals surface area contributed by atoms with E-state index < -0.39 is 0 Å². The number of thiophene rings is 1. The predicted molar refractivity (Wildman–Crippen MR) is 131 cm³/mol. The van der Waals surface area contributed by atoms with Gasteiger partial charge in [0.15, 0.2) is 5.16 Å². The number of nitrogens with one attached hydrogen (secondary N) is 2. The molecule has 0 saturated carbocycles. The SMILES string of the molecule is CC(=O)Nc1ccc(NC(=O)CSc2nc3sc(C)c(C)c3c(=O)n2Cc2ccco2)cc1. The average molecular weight is 483 g/mol. The number of benzene rings is 1. The number of hydrogen-bond donors (Lipinski definition) is 2. The molecule has 8 nitrogen and oxygen atoms in total. The molecule has 3 heterocycles. The van der Waals surface area contributed by atoms with Crippen LogP contribution in [0.2, 0.25) is 0 Å². The zero-order valence-electron chi connectivity index (χ0n) is 18.3. The first-order valence-electron chi connectivity index (χ1n) is 10.1. The average Bonchev–Trinajstić information content (AvgIpc) is 3.38. The number of nitrogens with zero attached hydrogens (tertiary/aromatic N) is 2. The smallest absolute Gasteiger partial charge is 0.263 e. The van der Waals surface area contributed by atoms with Crippen molar-refractivity contribution in [2.75, 3.05) is 16.4 Å². The fourth-order valence-electron chi connectivity index (χ4n) is 3.28. The van der Waals surface area contributed by atoms with Crippen LogP contribution in [0.5, 0.6) is 0 Å². The van der Waals surface area contributed by atoms with E-state index in [9.17, 15) is 14.4 Å². The summed E-state index contributed by atoms with van der Waals surface area (Å²) in [6.45, 7) is 5.56. The maximum absolute atomic E-state index is 13.3. The van der Waals surface area contributed by atoms with Crippen LogP contribution in [0.1, 0.15) is 23.1 Å². The Balaban J connectivity index is 1.54. The van der Waals surface area contributed by atoms with Gasteiger partial charge < -0.3 is 15.1 Å². The van der Waals surface area contributed by atoms with Gasteiger partial charge in [-0.25, -0.2) is 4.98 Å². The van der Waals surface area contributed by atoms with Gasteiger partial charge >= 0.3 is 0 Å². The van der Waals surface area contributed by atoms with Crippen LogP contribution in [-0.2, 0) is 16.1 Å². The predicted octanol–water partition coefficient (Wildman–Crippen LogP) is 4.41. The highest BCUT2D eigenvalue weighted by atomic mass is 32.2. The number of furan rings is 1. The lowest BCUT2D eigenvalue weighted by atomic mass is 10.2. The van der Waals surface area contributed by atoms with Crippen molar-refractivity contribution in [1.82, 2.24) is 9.55 Å². The standard InChI is InChI=1S/C23H22N4O4S2/c1-13-14(2)33-21-20(13)22(30)27(11-18-5-4-10-31-18)23(26-21)32-12-19(29)25-17-8-6-16(7-9-17)24-15(3)28/h4-10H,11-12H2,1-3H3,(H,24,28)(H,25,29). The Morgan fingerprint density at radius 3 is 2.45 bits per heavy atom.